The minimum absolute atomic E-state index is 0.0204. The highest BCUT2D eigenvalue weighted by atomic mass is 16.6. The Balaban J connectivity index is 1.76. The van der Waals surface area contributed by atoms with Crippen LogP contribution in [0.25, 0.3) is 0 Å². The SMILES string of the molecule is CCCCCN1CC=C[C@]23O[C@@]4(C)/C=C\CCCCOC(=O)[C@H]4[C@H]2C(=O)N(CCCCO)C3C1=O. The van der Waals surface area contributed by atoms with Crippen LogP contribution in [0.5, 0.6) is 0 Å². The third-order valence-corrected chi connectivity index (χ3v) is 7.92. The summed E-state index contributed by atoms with van der Waals surface area (Å²) < 4.78 is 12.4. The van der Waals surface area contributed by atoms with Crippen LogP contribution in [0.3, 0.4) is 0 Å². The highest BCUT2D eigenvalue weighted by Crippen LogP contribution is 2.57. The molecule has 0 aromatic heterocycles. The van der Waals surface area contributed by atoms with Crippen molar-refractivity contribution in [2.24, 2.45) is 11.8 Å². The molecule has 2 amide bonds. The number of fused-ring (bicyclic) bond motifs is 2. The van der Waals surface area contributed by atoms with E-state index < -0.39 is 35.0 Å². The molecule has 4 rings (SSSR count). The summed E-state index contributed by atoms with van der Waals surface area (Å²) in [5.74, 6) is -2.47. The highest BCUT2D eigenvalue weighted by Gasteiger charge is 2.74. The smallest absolute Gasteiger partial charge is 0.313 e. The molecule has 2 fully saturated rings. The number of likely N-dealkylation sites (tertiary alicyclic amines) is 1. The van der Waals surface area contributed by atoms with Crippen molar-refractivity contribution in [1.82, 2.24) is 9.80 Å². The van der Waals surface area contributed by atoms with Gasteiger partial charge in [0.25, 0.3) is 0 Å². The standard InChI is InChI=1S/C27H40N2O6/c1-3-4-8-15-28-16-12-14-27-20(23(31)29(17-9-10-18-30)22(27)24(28)32)21-25(33)34-19-11-6-5-7-13-26(21,2)35-27/h7,12-14,20-22,30H,3-6,8-11,15-19H2,1-2H3/b13-7-/t20-,21+,22?,26-,27-/m0/s1. The van der Waals surface area contributed by atoms with Gasteiger partial charge >= 0.3 is 5.97 Å². The average Bonchev–Trinajstić information content (AvgIpc) is 3.15. The number of hydrogen-bond acceptors (Lipinski definition) is 6. The highest BCUT2D eigenvalue weighted by molar-refractivity contribution is 5.99. The largest absolute Gasteiger partial charge is 0.465 e. The van der Waals surface area contributed by atoms with Gasteiger partial charge in [-0.1, -0.05) is 44.1 Å². The number of cyclic esters (lactones) is 1. The molecule has 8 nitrogen and oxygen atoms in total. The number of ether oxygens (including phenoxy) is 2. The maximum absolute atomic E-state index is 14.0. The van der Waals surface area contributed by atoms with Crippen LogP contribution in [0.4, 0.5) is 0 Å². The fourth-order valence-corrected chi connectivity index (χ4v) is 6.23. The third kappa shape index (κ3) is 4.67. The lowest BCUT2D eigenvalue weighted by atomic mass is 9.74. The summed E-state index contributed by atoms with van der Waals surface area (Å²) in [5, 5.41) is 9.31. The van der Waals surface area contributed by atoms with Crippen molar-refractivity contribution in [3.8, 4) is 0 Å². The van der Waals surface area contributed by atoms with Crippen LogP contribution < -0.4 is 0 Å². The van der Waals surface area contributed by atoms with E-state index in [4.69, 9.17) is 9.47 Å². The second-order valence-corrected chi connectivity index (χ2v) is 10.4. The van der Waals surface area contributed by atoms with Crippen molar-refractivity contribution in [2.45, 2.75) is 82.5 Å². The van der Waals surface area contributed by atoms with E-state index in [2.05, 4.69) is 6.92 Å². The molecule has 1 N–H and O–H groups in total. The lowest BCUT2D eigenvalue weighted by molar-refractivity contribution is -0.160. The summed E-state index contributed by atoms with van der Waals surface area (Å²) in [4.78, 5) is 44.8. The molecule has 0 saturated carbocycles. The molecule has 0 aromatic rings. The van der Waals surface area contributed by atoms with E-state index in [0.717, 1.165) is 38.5 Å². The second-order valence-electron chi connectivity index (χ2n) is 10.4. The van der Waals surface area contributed by atoms with E-state index in [9.17, 15) is 19.5 Å². The van der Waals surface area contributed by atoms with Gasteiger partial charge in [-0.15, -0.1) is 0 Å². The molecule has 0 radical (unpaired) electrons. The molecule has 0 bridgehead atoms. The molecule has 2 saturated heterocycles. The van der Waals surface area contributed by atoms with Crippen LogP contribution in [-0.2, 0) is 23.9 Å². The number of amides is 2. The molecule has 35 heavy (non-hydrogen) atoms. The lowest BCUT2D eigenvalue weighted by Gasteiger charge is -2.37. The van der Waals surface area contributed by atoms with Gasteiger partial charge < -0.3 is 24.4 Å². The van der Waals surface area contributed by atoms with Crippen LogP contribution in [0, 0.1) is 11.8 Å². The number of allylic oxidation sites excluding steroid dienone is 1. The monoisotopic (exact) mass is 488 g/mol. The molecule has 0 aromatic carbocycles. The number of hydrogen-bond donors (Lipinski definition) is 1. The Morgan fingerprint density at radius 1 is 1.00 bits per heavy atom. The minimum Gasteiger partial charge on any atom is -0.465 e. The van der Waals surface area contributed by atoms with E-state index in [1.807, 2.05) is 36.1 Å². The molecular formula is C27H40N2O6. The van der Waals surface area contributed by atoms with Gasteiger partial charge in [0.2, 0.25) is 11.8 Å². The number of carbonyl (C=O) groups is 3. The summed E-state index contributed by atoms with van der Waals surface area (Å²) in [6, 6.07) is -0.838. The predicted molar refractivity (Wildman–Crippen MR) is 130 cm³/mol. The number of rotatable bonds is 8. The maximum atomic E-state index is 14.0. The minimum atomic E-state index is -1.23. The Morgan fingerprint density at radius 2 is 1.80 bits per heavy atom. The van der Waals surface area contributed by atoms with Crippen LogP contribution in [-0.4, -0.2) is 82.8 Å². The Morgan fingerprint density at radius 3 is 2.57 bits per heavy atom. The first-order chi connectivity index (χ1) is 16.9. The quantitative estimate of drug-likeness (QED) is 0.321. The summed E-state index contributed by atoms with van der Waals surface area (Å²) >= 11 is 0. The molecular weight excluding hydrogens is 448 g/mol. The lowest BCUT2D eigenvalue weighted by Crippen LogP contribution is -2.56. The first kappa shape index (κ1) is 25.9. The van der Waals surface area contributed by atoms with Crippen molar-refractivity contribution < 1.29 is 29.0 Å². The van der Waals surface area contributed by atoms with Gasteiger partial charge in [0.05, 0.1) is 18.1 Å². The zero-order valence-corrected chi connectivity index (χ0v) is 21.1. The van der Waals surface area contributed by atoms with E-state index in [1.54, 1.807) is 4.90 Å². The summed E-state index contributed by atoms with van der Waals surface area (Å²) in [5.41, 5.74) is -2.28. The van der Waals surface area contributed by atoms with Gasteiger partial charge in [0, 0.05) is 26.2 Å². The van der Waals surface area contributed by atoms with Crippen molar-refractivity contribution in [3.05, 3.63) is 24.3 Å². The fraction of sp³-hybridized carbons (Fsp3) is 0.741. The zero-order chi connectivity index (χ0) is 25.1. The van der Waals surface area contributed by atoms with E-state index >= 15 is 0 Å². The molecule has 1 unspecified atom stereocenters. The summed E-state index contributed by atoms with van der Waals surface area (Å²) in [6.45, 7) is 5.71. The Bertz CT molecular complexity index is 872. The van der Waals surface area contributed by atoms with Gasteiger partial charge in [-0.3, -0.25) is 14.4 Å². The number of aliphatic hydroxyl groups is 1. The van der Waals surface area contributed by atoms with Crippen LogP contribution in [0.2, 0.25) is 0 Å². The van der Waals surface area contributed by atoms with Crippen molar-refractivity contribution in [3.63, 3.8) is 0 Å². The van der Waals surface area contributed by atoms with Gasteiger partial charge in [-0.2, -0.15) is 0 Å². The molecule has 1 spiro atoms. The van der Waals surface area contributed by atoms with Crippen molar-refractivity contribution >= 4 is 17.8 Å². The van der Waals surface area contributed by atoms with E-state index in [1.165, 1.54) is 0 Å². The zero-order valence-electron chi connectivity index (χ0n) is 21.1. The Hall–Kier alpha value is -2.19. The van der Waals surface area contributed by atoms with Gasteiger partial charge in [0.15, 0.2) is 0 Å². The number of unbranched alkanes of at least 4 members (excludes halogenated alkanes) is 3. The summed E-state index contributed by atoms with van der Waals surface area (Å²) in [7, 11) is 0. The molecule has 194 valence electrons. The molecule has 8 heteroatoms. The molecule has 4 aliphatic rings. The normalized spacial score (nSPS) is 35.9. The molecule has 5 atom stereocenters. The van der Waals surface area contributed by atoms with E-state index in [0.29, 0.717) is 39.1 Å². The first-order valence-corrected chi connectivity index (χ1v) is 13.3. The van der Waals surface area contributed by atoms with E-state index in [-0.39, 0.29) is 18.4 Å². The molecule has 4 heterocycles. The topological polar surface area (TPSA) is 96.4 Å². The number of carbonyl (C=O) groups excluding carboxylic acids is 3. The number of nitrogens with zero attached hydrogens (tertiary/aromatic N) is 2. The fourth-order valence-electron chi connectivity index (χ4n) is 6.23. The Labute approximate surface area is 208 Å². The number of aliphatic hydroxyl groups excluding tert-OH is 1. The van der Waals surface area contributed by atoms with Crippen molar-refractivity contribution in [2.75, 3.05) is 32.8 Å². The van der Waals surface area contributed by atoms with Gasteiger partial charge in [-0.25, -0.2) is 0 Å². The molecule has 0 aliphatic carbocycles. The van der Waals surface area contributed by atoms with Crippen LogP contribution in [0.15, 0.2) is 24.3 Å². The third-order valence-electron chi connectivity index (χ3n) is 7.92. The van der Waals surface area contributed by atoms with Gasteiger partial charge in [-0.05, 0) is 45.4 Å². The van der Waals surface area contributed by atoms with Gasteiger partial charge in [0.1, 0.15) is 17.6 Å². The number of esters is 1. The Kier molecular flexibility index (Phi) is 8.01. The second kappa shape index (κ2) is 10.8. The summed E-state index contributed by atoms with van der Waals surface area (Å²) in [6.07, 6.45) is 14.3. The maximum Gasteiger partial charge on any atom is 0.313 e. The predicted octanol–water partition coefficient (Wildman–Crippen LogP) is 2.60. The van der Waals surface area contributed by atoms with Crippen LogP contribution >= 0.6 is 0 Å². The van der Waals surface area contributed by atoms with Crippen LogP contribution in [0.1, 0.15) is 65.2 Å². The van der Waals surface area contributed by atoms with Crippen molar-refractivity contribution in [1.29, 1.82) is 0 Å². The first-order valence-electron chi connectivity index (χ1n) is 13.3. The average molecular weight is 489 g/mol. The molecule has 4 aliphatic heterocycles.